The molecule has 1 fully saturated rings. The molecule has 5 nitrogen and oxygen atoms in total. The molecule has 2 atom stereocenters. The standard InChI is InChI=1S/C26H32Cl2N2O3S/c1-18(29-25(32)26(13-3-4-14-26)15-6-16-34(2)33)17-19-9-11-20(12-10-19)30-24(31)23-21(27)7-5-8-22(23)28/h5,7-12,18H,3-4,6,13-17H2,1-2H3,(H,29,32)(H,30,31). The van der Waals surface area contributed by atoms with E-state index in [0.29, 0.717) is 27.9 Å². The average molecular weight is 524 g/mol. The largest absolute Gasteiger partial charge is 0.353 e. The zero-order valence-corrected chi connectivity index (χ0v) is 22.0. The molecule has 2 N–H and O–H groups in total. The Morgan fingerprint density at radius 1 is 1.06 bits per heavy atom. The van der Waals surface area contributed by atoms with E-state index in [1.807, 2.05) is 31.2 Å². The van der Waals surface area contributed by atoms with Gasteiger partial charge in [-0.15, -0.1) is 0 Å². The van der Waals surface area contributed by atoms with Gasteiger partial charge in [0.05, 0.1) is 15.6 Å². The molecular weight excluding hydrogens is 491 g/mol. The maximum Gasteiger partial charge on any atom is 0.258 e. The van der Waals surface area contributed by atoms with Gasteiger partial charge in [0.2, 0.25) is 5.91 Å². The Balaban J connectivity index is 1.56. The van der Waals surface area contributed by atoms with Gasteiger partial charge in [-0.05, 0) is 68.9 Å². The summed E-state index contributed by atoms with van der Waals surface area (Å²) in [4.78, 5) is 25.7. The third-order valence-corrected chi connectivity index (χ3v) is 7.94. The van der Waals surface area contributed by atoms with Crippen LogP contribution in [0.1, 0.15) is 61.4 Å². The minimum atomic E-state index is -0.825. The fourth-order valence-electron chi connectivity index (χ4n) is 4.67. The molecule has 2 aromatic carbocycles. The third kappa shape index (κ3) is 7.06. The number of halogens is 2. The van der Waals surface area contributed by atoms with Crippen LogP contribution in [0.15, 0.2) is 42.5 Å². The second kappa shape index (κ2) is 12.2. The summed E-state index contributed by atoms with van der Waals surface area (Å²) in [7, 11) is -0.825. The van der Waals surface area contributed by atoms with Gasteiger partial charge in [-0.2, -0.15) is 0 Å². The fraction of sp³-hybridized carbons (Fsp3) is 0.462. The number of nitrogens with one attached hydrogen (secondary N) is 2. The lowest BCUT2D eigenvalue weighted by Crippen LogP contribution is -2.44. The van der Waals surface area contributed by atoms with Gasteiger partial charge >= 0.3 is 0 Å². The van der Waals surface area contributed by atoms with Crippen molar-refractivity contribution >= 4 is 51.5 Å². The minimum absolute atomic E-state index is 0.0207. The van der Waals surface area contributed by atoms with E-state index in [0.717, 1.165) is 44.1 Å². The molecule has 0 aromatic heterocycles. The van der Waals surface area contributed by atoms with Crippen molar-refractivity contribution in [2.75, 3.05) is 17.3 Å². The van der Waals surface area contributed by atoms with E-state index in [-0.39, 0.29) is 28.8 Å². The highest BCUT2D eigenvalue weighted by atomic mass is 35.5. The molecule has 3 rings (SSSR count). The first-order valence-electron chi connectivity index (χ1n) is 11.7. The lowest BCUT2D eigenvalue weighted by Gasteiger charge is -2.29. The summed E-state index contributed by atoms with van der Waals surface area (Å²) >= 11 is 12.2. The highest BCUT2D eigenvalue weighted by Gasteiger charge is 2.40. The van der Waals surface area contributed by atoms with Crippen LogP contribution in [0.3, 0.4) is 0 Å². The summed E-state index contributed by atoms with van der Waals surface area (Å²) in [5.41, 5.74) is 1.63. The average Bonchev–Trinajstić information content (AvgIpc) is 3.25. The molecule has 0 aliphatic heterocycles. The number of carbonyl (C=O) groups is 2. The third-order valence-electron chi connectivity index (χ3n) is 6.45. The quantitative estimate of drug-likeness (QED) is 0.401. The van der Waals surface area contributed by atoms with Crippen molar-refractivity contribution < 1.29 is 13.8 Å². The SMILES string of the molecule is CC(Cc1ccc(NC(=O)c2c(Cl)cccc2Cl)cc1)NC(=O)C1(CCCS(C)=O)CCCC1. The van der Waals surface area contributed by atoms with E-state index in [1.165, 1.54) is 0 Å². The number of benzene rings is 2. The van der Waals surface area contributed by atoms with E-state index < -0.39 is 10.8 Å². The zero-order valence-electron chi connectivity index (χ0n) is 19.7. The van der Waals surface area contributed by atoms with E-state index in [9.17, 15) is 13.8 Å². The van der Waals surface area contributed by atoms with Crippen molar-refractivity contribution in [1.29, 1.82) is 0 Å². The maximum atomic E-state index is 13.2. The maximum absolute atomic E-state index is 13.2. The molecular formula is C26H32Cl2N2O3S. The summed E-state index contributed by atoms with van der Waals surface area (Å²) in [5.74, 6) is 0.411. The first-order chi connectivity index (χ1) is 16.2. The van der Waals surface area contributed by atoms with Gasteiger partial charge in [0.25, 0.3) is 5.91 Å². The summed E-state index contributed by atoms with van der Waals surface area (Å²) < 4.78 is 11.4. The lowest BCUT2D eigenvalue weighted by molar-refractivity contribution is -0.131. The zero-order chi connectivity index (χ0) is 24.7. The Labute approximate surface area is 214 Å². The first kappa shape index (κ1) is 26.7. The summed E-state index contributed by atoms with van der Waals surface area (Å²) in [6.45, 7) is 2.01. The van der Waals surface area contributed by atoms with E-state index in [4.69, 9.17) is 23.2 Å². The number of amides is 2. The van der Waals surface area contributed by atoms with Crippen LogP contribution in [0.25, 0.3) is 0 Å². The number of carbonyl (C=O) groups excluding carboxylic acids is 2. The second-order valence-corrected chi connectivity index (χ2v) is 11.6. The Hall–Kier alpha value is -1.89. The fourth-order valence-corrected chi connectivity index (χ4v) is 5.79. The van der Waals surface area contributed by atoms with Gasteiger partial charge in [-0.25, -0.2) is 0 Å². The van der Waals surface area contributed by atoms with Crippen molar-refractivity contribution in [3.05, 3.63) is 63.6 Å². The van der Waals surface area contributed by atoms with Gasteiger partial charge in [0.1, 0.15) is 0 Å². The van der Waals surface area contributed by atoms with Crippen molar-refractivity contribution in [3.63, 3.8) is 0 Å². The number of hydrogen-bond donors (Lipinski definition) is 2. The molecule has 2 unspecified atom stereocenters. The molecule has 0 spiro atoms. The van der Waals surface area contributed by atoms with Gasteiger partial charge < -0.3 is 10.6 Å². The van der Waals surface area contributed by atoms with Crippen LogP contribution < -0.4 is 10.6 Å². The molecule has 2 aromatic rings. The Morgan fingerprint density at radius 3 is 2.26 bits per heavy atom. The van der Waals surface area contributed by atoms with E-state index in [1.54, 1.807) is 24.5 Å². The van der Waals surface area contributed by atoms with Crippen molar-refractivity contribution in [2.45, 2.75) is 57.9 Å². The molecule has 0 heterocycles. The smallest absolute Gasteiger partial charge is 0.258 e. The predicted octanol–water partition coefficient (Wildman–Crippen LogP) is 6.01. The van der Waals surface area contributed by atoms with Crippen LogP contribution in [0.2, 0.25) is 10.0 Å². The topological polar surface area (TPSA) is 75.3 Å². The van der Waals surface area contributed by atoms with Crippen molar-refractivity contribution in [2.24, 2.45) is 5.41 Å². The van der Waals surface area contributed by atoms with Gasteiger partial charge in [-0.3, -0.25) is 13.8 Å². The molecule has 0 bridgehead atoms. The molecule has 34 heavy (non-hydrogen) atoms. The molecule has 0 radical (unpaired) electrons. The molecule has 2 amide bonds. The van der Waals surface area contributed by atoms with Gasteiger partial charge in [-0.1, -0.05) is 54.2 Å². The van der Waals surface area contributed by atoms with Crippen LogP contribution >= 0.6 is 23.2 Å². The predicted molar refractivity (Wildman–Crippen MR) is 141 cm³/mol. The normalized spacial score (nSPS) is 16.6. The minimum Gasteiger partial charge on any atom is -0.353 e. The van der Waals surface area contributed by atoms with Crippen LogP contribution in [0, 0.1) is 5.41 Å². The Bertz CT molecular complexity index is 1020. The number of rotatable bonds is 10. The highest BCUT2D eigenvalue weighted by molar-refractivity contribution is 7.84. The van der Waals surface area contributed by atoms with Crippen LogP contribution in [0.5, 0.6) is 0 Å². The van der Waals surface area contributed by atoms with E-state index >= 15 is 0 Å². The monoisotopic (exact) mass is 522 g/mol. The highest BCUT2D eigenvalue weighted by Crippen LogP contribution is 2.42. The molecule has 8 heteroatoms. The molecule has 1 aliphatic rings. The van der Waals surface area contributed by atoms with Crippen LogP contribution in [-0.2, 0) is 22.0 Å². The molecule has 1 aliphatic carbocycles. The second-order valence-electron chi connectivity index (χ2n) is 9.19. The number of hydrogen-bond acceptors (Lipinski definition) is 3. The Kier molecular flexibility index (Phi) is 9.57. The number of anilines is 1. The van der Waals surface area contributed by atoms with Crippen LogP contribution in [-0.4, -0.2) is 34.1 Å². The summed E-state index contributed by atoms with van der Waals surface area (Å²) in [5, 5.41) is 6.64. The summed E-state index contributed by atoms with van der Waals surface area (Å²) in [6, 6.07) is 12.5. The lowest BCUT2D eigenvalue weighted by atomic mass is 9.80. The van der Waals surface area contributed by atoms with Gasteiger partial charge in [0, 0.05) is 40.0 Å². The molecule has 184 valence electrons. The van der Waals surface area contributed by atoms with Crippen LogP contribution in [0.4, 0.5) is 5.69 Å². The summed E-state index contributed by atoms with van der Waals surface area (Å²) in [6.07, 6.45) is 7.98. The molecule has 0 saturated heterocycles. The Morgan fingerprint density at radius 2 is 1.68 bits per heavy atom. The van der Waals surface area contributed by atoms with Gasteiger partial charge in [0.15, 0.2) is 0 Å². The molecule has 1 saturated carbocycles. The first-order valence-corrected chi connectivity index (χ1v) is 14.1. The van der Waals surface area contributed by atoms with E-state index in [2.05, 4.69) is 10.6 Å². The van der Waals surface area contributed by atoms with Crippen molar-refractivity contribution in [3.8, 4) is 0 Å². The van der Waals surface area contributed by atoms with Crippen molar-refractivity contribution in [1.82, 2.24) is 5.32 Å².